The number of carbonyl (C=O) groups excluding carboxylic acids is 1. The van der Waals surface area contributed by atoms with E-state index in [-0.39, 0.29) is 23.0 Å². The van der Waals surface area contributed by atoms with Crippen molar-refractivity contribution in [2.24, 2.45) is 10.9 Å². The van der Waals surface area contributed by atoms with Gasteiger partial charge in [0.2, 0.25) is 11.8 Å². The topological polar surface area (TPSA) is 93.8 Å². The lowest BCUT2D eigenvalue weighted by Gasteiger charge is -2.62. The van der Waals surface area contributed by atoms with Crippen molar-refractivity contribution in [2.75, 3.05) is 25.5 Å². The number of aromatic nitrogens is 3. The zero-order valence-corrected chi connectivity index (χ0v) is 20.2. The first-order chi connectivity index (χ1) is 16.9. The van der Waals surface area contributed by atoms with E-state index >= 15 is 0 Å². The number of carbonyl (C=O) groups is 1. The van der Waals surface area contributed by atoms with Crippen molar-refractivity contribution in [3.05, 3.63) is 59.1 Å². The van der Waals surface area contributed by atoms with E-state index < -0.39 is 0 Å². The van der Waals surface area contributed by atoms with Gasteiger partial charge in [-0.15, -0.1) is 0 Å². The number of anilines is 1. The smallest absolute Gasteiger partial charge is 0.277 e. The van der Waals surface area contributed by atoms with Gasteiger partial charge in [0.1, 0.15) is 11.0 Å². The quantitative estimate of drug-likeness (QED) is 0.671. The third-order valence-electron chi connectivity index (χ3n) is 8.01. The molecule has 1 atom stereocenters. The number of aliphatic imine (C=N–C) groups is 1. The van der Waals surface area contributed by atoms with Crippen molar-refractivity contribution in [1.29, 1.82) is 0 Å². The van der Waals surface area contributed by atoms with Crippen molar-refractivity contribution in [2.45, 2.75) is 50.6 Å². The molecule has 2 aromatic rings. The normalized spacial score (nSPS) is 27.3. The van der Waals surface area contributed by atoms with Gasteiger partial charge in [-0.05, 0) is 51.0 Å². The minimum atomic E-state index is -0.115. The molecule has 3 saturated carbocycles. The van der Waals surface area contributed by atoms with Crippen LogP contribution in [0.4, 0.5) is 5.69 Å². The molecule has 2 aliphatic heterocycles. The van der Waals surface area contributed by atoms with E-state index in [0.717, 1.165) is 48.6 Å². The van der Waals surface area contributed by atoms with Crippen LogP contribution in [-0.2, 0) is 15.1 Å². The molecule has 0 spiro atoms. The molecule has 1 saturated heterocycles. The Balaban J connectivity index is 1.45. The van der Waals surface area contributed by atoms with Crippen LogP contribution in [0.15, 0.2) is 58.5 Å². The largest absolute Gasteiger partial charge is 0.480 e. The predicted octanol–water partition coefficient (Wildman–Crippen LogP) is 3.31. The summed E-state index contributed by atoms with van der Waals surface area (Å²) < 4.78 is 9.45. The van der Waals surface area contributed by atoms with Gasteiger partial charge in [-0.1, -0.05) is 18.2 Å². The fourth-order valence-electron chi connectivity index (χ4n) is 5.93. The molecule has 3 aliphatic carbocycles. The zero-order chi connectivity index (χ0) is 24.3. The van der Waals surface area contributed by atoms with Crippen molar-refractivity contribution in [3.8, 4) is 0 Å². The van der Waals surface area contributed by atoms with Crippen LogP contribution >= 0.6 is 0 Å². The monoisotopic (exact) mass is 474 g/mol. The lowest BCUT2D eigenvalue weighted by atomic mass is 9.49. The summed E-state index contributed by atoms with van der Waals surface area (Å²) in [6, 6.07) is -0.115. The van der Waals surface area contributed by atoms with Gasteiger partial charge in [-0.3, -0.25) is 9.59 Å². The molecular weight excluding hydrogens is 444 g/mol. The highest BCUT2D eigenvalue weighted by Crippen LogP contribution is 2.62. The van der Waals surface area contributed by atoms with Gasteiger partial charge >= 0.3 is 0 Å². The second-order valence-corrected chi connectivity index (χ2v) is 10.3. The first-order valence-electron chi connectivity index (χ1n) is 12.2. The molecule has 2 aromatic heterocycles. The Labute approximate surface area is 203 Å². The fraction of sp³-hybridized carbons (Fsp3) is 0.462. The summed E-state index contributed by atoms with van der Waals surface area (Å²) in [6.45, 7) is 6.71. The van der Waals surface area contributed by atoms with Gasteiger partial charge in [-0.2, -0.15) is 0 Å². The van der Waals surface area contributed by atoms with Crippen molar-refractivity contribution >= 4 is 28.5 Å². The number of pyridine rings is 1. The molecule has 0 radical (unpaired) electrons. The number of hydrogen-bond acceptors (Lipinski definition) is 6. The van der Waals surface area contributed by atoms with E-state index in [9.17, 15) is 9.59 Å². The van der Waals surface area contributed by atoms with Gasteiger partial charge in [0, 0.05) is 31.0 Å². The van der Waals surface area contributed by atoms with Crippen molar-refractivity contribution < 1.29 is 9.53 Å². The van der Waals surface area contributed by atoms with Crippen LogP contribution in [0.5, 0.6) is 0 Å². The number of amides is 1. The van der Waals surface area contributed by atoms with Crippen molar-refractivity contribution in [1.82, 2.24) is 19.0 Å². The SMILES string of the molecule is C=CC(=O)N1CCC(n2cc(NC3=CCC(C)=CN=C3OC)c3ncn(C45CC(C4)C5)c3c2=O)C1. The number of hydrogen-bond donors (Lipinski definition) is 1. The molecular formula is C26H30N6O3. The predicted molar refractivity (Wildman–Crippen MR) is 134 cm³/mol. The second kappa shape index (κ2) is 7.96. The molecule has 1 N–H and O–H groups in total. The first kappa shape index (κ1) is 21.9. The van der Waals surface area contributed by atoms with Crippen LogP contribution in [0.25, 0.3) is 11.0 Å². The molecule has 1 unspecified atom stereocenters. The maximum atomic E-state index is 13.9. The molecule has 0 aromatic carbocycles. The summed E-state index contributed by atoms with van der Waals surface area (Å²) in [7, 11) is 1.60. The summed E-state index contributed by atoms with van der Waals surface area (Å²) in [4.78, 5) is 37.0. The van der Waals surface area contributed by atoms with Gasteiger partial charge in [0.25, 0.3) is 5.56 Å². The molecule has 2 bridgehead atoms. The lowest BCUT2D eigenvalue weighted by molar-refractivity contribution is -0.125. The van der Waals surface area contributed by atoms with E-state index in [0.29, 0.717) is 36.4 Å². The summed E-state index contributed by atoms with van der Waals surface area (Å²) in [5.41, 5.74) is 3.84. The number of allylic oxidation sites excluding steroid dienone is 2. The Morgan fingerprint density at radius 1 is 1.34 bits per heavy atom. The number of fused-ring (bicyclic) bond motifs is 1. The van der Waals surface area contributed by atoms with Gasteiger partial charge in [0.15, 0.2) is 0 Å². The second-order valence-electron chi connectivity index (χ2n) is 10.3. The highest BCUT2D eigenvalue weighted by Gasteiger charge is 2.58. The number of imidazole rings is 1. The summed E-state index contributed by atoms with van der Waals surface area (Å²) >= 11 is 0. The number of methoxy groups -OCH3 is 1. The summed E-state index contributed by atoms with van der Waals surface area (Å²) in [5.74, 6) is 1.15. The van der Waals surface area contributed by atoms with Crippen LogP contribution in [0, 0.1) is 5.92 Å². The van der Waals surface area contributed by atoms with Crippen LogP contribution < -0.4 is 10.9 Å². The minimum Gasteiger partial charge on any atom is -0.480 e. The third-order valence-corrected chi connectivity index (χ3v) is 8.01. The molecule has 1 amide bonds. The van der Waals surface area contributed by atoms with Crippen LogP contribution in [0.1, 0.15) is 45.1 Å². The van der Waals surface area contributed by atoms with E-state index in [4.69, 9.17) is 9.72 Å². The first-order valence-corrected chi connectivity index (χ1v) is 12.2. The highest BCUT2D eigenvalue weighted by molar-refractivity contribution is 5.99. The Hall–Kier alpha value is -3.62. The molecule has 35 heavy (non-hydrogen) atoms. The third kappa shape index (κ3) is 3.36. The average Bonchev–Trinajstić information content (AvgIpc) is 3.41. The van der Waals surface area contributed by atoms with E-state index in [1.54, 1.807) is 16.6 Å². The fourth-order valence-corrected chi connectivity index (χ4v) is 5.93. The number of nitrogens with one attached hydrogen (secondary N) is 1. The van der Waals surface area contributed by atoms with Crippen LogP contribution in [0.3, 0.4) is 0 Å². The maximum absolute atomic E-state index is 13.9. The highest BCUT2D eigenvalue weighted by atomic mass is 16.5. The molecule has 5 aliphatic rings. The lowest BCUT2D eigenvalue weighted by Crippen LogP contribution is -2.59. The van der Waals surface area contributed by atoms with Crippen LogP contribution in [0.2, 0.25) is 0 Å². The summed E-state index contributed by atoms with van der Waals surface area (Å²) in [6.07, 6.45) is 13.6. The van der Waals surface area contributed by atoms with E-state index in [2.05, 4.69) is 21.5 Å². The molecule has 7 rings (SSSR count). The van der Waals surface area contributed by atoms with Gasteiger partial charge in [-0.25, -0.2) is 9.98 Å². The van der Waals surface area contributed by atoms with Crippen molar-refractivity contribution in [3.63, 3.8) is 0 Å². The summed E-state index contributed by atoms with van der Waals surface area (Å²) in [5, 5.41) is 3.48. The van der Waals surface area contributed by atoms with E-state index in [1.165, 1.54) is 6.08 Å². The van der Waals surface area contributed by atoms with Crippen LogP contribution in [-0.4, -0.2) is 51.0 Å². The number of likely N-dealkylation sites (tertiary alicyclic amines) is 1. The molecule has 4 fully saturated rings. The zero-order valence-electron chi connectivity index (χ0n) is 20.2. The average molecular weight is 475 g/mol. The molecule has 9 heteroatoms. The Morgan fingerprint density at radius 2 is 2.14 bits per heavy atom. The van der Waals surface area contributed by atoms with Gasteiger partial charge < -0.3 is 24.1 Å². The van der Waals surface area contributed by atoms with E-state index in [1.807, 2.05) is 31.7 Å². The number of nitrogens with zero attached hydrogens (tertiary/aromatic N) is 5. The standard InChI is InChI=1S/C26H30N6O3/c1-4-21(33)30-8-7-18(13-30)31-14-20(29-19-6-5-16(2)12-27-24(19)35-3)22-23(25(31)34)32(15-28-22)26-9-17(10-26)11-26/h4,6,12,14-15,17-18,29H,1,5,7-11,13H2,2-3H3. The Kier molecular flexibility index (Phi) is 4.98. The number of rotatable bonds is 5. The minimum absolute atomic E-state index is 0.0251. The van der Waals surface area contributed by atoms with Gasteiger partial charge in [0.05, 0.1) is 30.9 Å². The molecule has 4 heterocycles. The maximum Gasteiger partial charge on any atom is 0.277 e. The molecule has 182 valence electrons. The Bertz CT molecular complexity index is 1380. The Morgan fingerprint density at radius 3 is 2.83 bits per heavy atom. The number of ether oxygens (including phenoxy) is 1. The molecule has 9 nitrogen and oxygen atoms in total.